The van der Waals surface area contributed by atoms with Gasteiger partial charge in [0.2, 0.25) is 0 Å². The molecule has 136 valence electrons. The second kappa shape index (κ2) is 8.10. The molecular formula is C20H25FO4. The molecule has 0 unspecified atom stereocenters. The average molecular weight is 348 g/mol. The SMILES string of the molecule is COc1cc(C(c2ccc(O)c(OC)c2)[C@@H](C)[C@H](C)CF)ccc1O. The minimum absolute atomic E-state index is 0.0199. The fourth-order valence-corrected chi connectivity index (χ4v) is 3.04. The molecule has 0 aliphatic heterocycles. The maximum absolute atomic E-state index is 13.3. The van der Waals surface area contributed by atoms with Crippen LogP contribution in [0.15, 0.2) is 36.4 Å². The van der Waals surface area contributed by atoms with Crippen LogP contribution in [0.25, 0.3) is 0 Å². The Bertz CT molecular complexity index is 663. The molecule has 0 saturated carbocycles. The zero-order valence-electron chi connectivity index (χ0n) is 15.0. The van der Waals surface area contributed by atoms with E-state index in [2.05, 4.69) is 0 Å². The van der Waals surface area contributed by atoms with Gasteiger partial charge in [-0.05, 0) is 47.2 Å². The highest BCUT2D eigenvalue weighted by atomic mass is 19.1. The first-order chi connectivity index (χ1) is 11.9. The topological polar surface area (TPSA) is 58.9 Å². The third kappa shape index (κ3) is 3.98. The normalized spacial score (nSPS) is 13.5. The molecule has 2 aromatic carbocycles. The molecule has 0 amide bonds. The Morgan fingerprint density at radius 2 is 1.32 bits per heavy atom. The average Bonchev–Trinajstić information content (AvgIpc) is 2.63. The smallest absolute Gasteiger partial charge is 0.160 e. The van der Waals surface area contributed by atoms with Gasteiger partial charge in [-0.2, -0.15) is 0 Å². The van der Waals surface area contributed by atoms with E-state index >= 15 is 0 Å². The van der Waals surface area contributed by atoms with Gasteiger partial charge in [0.25, 0.3) is 0 Å². The number of hydrogen-bond acceptors (Lipinski definition) is 4. The minimum Gasteiger partial charge on any atom is -0.504 e. The lowest BCUT2D eigenvalue weighted by Crippen LogP contribution is -2.20. The van der Waals surface area contributed by atoms with Crippen molar-refractivity contribution in [3.8, 4) is 23.0 Å². The molecule has 0 fully saturated rings. The van der Waals surface area contributed by atoms with Crippen LogP contribution in [0.1, 0.15) is 30.9 Å². The molecule has 0 aliphatic rings. The van der Waals surface area contributed by atoms with Crippen LogP contribution in [0.5, 0.6) is 23.0 Å². The number of phenols is 2. The van der Waals surface area contributed by atoms with Crippen LogP contribution in [0, 0.1) is 11.8 Å². The Kier molecular flexibility index (Phi) is 6.12. The predicted octanol–water partition coefficient (Wildman–Crippen LogP) is 4.49. The summed E-state index contributed by atoms with van der Waals surface area (Å²) in [6, 6.07) is 10.3. The summed E-state index contributed by atoms with van der Waals surface area (Å²) in [6.07, 6.45) is 0. The molecule has 4 nitrogen and oxygen atoms in total. The number of hydrogen-bond donors (Lipinski definition) is 2. The highest BCUT2D eigenvalue weighted by molar-refractivity contribution is 5.49. The zero-order valence-corrected chi connectivity index (χ0v) is 15.0. The van der Waals surface area contributed by atoms with E-state index in [0.717, 1.165) is 11.1 Å². The molecule has 25 heavy (non-hydrogen) atoms. The second-order valence-electron chi connectivity index (χ2n) is 6.33. The molecule has 5 heteroatoms. The number of methoxy groups -OCH3 is 2. The molecule has 2 aromatic rings. The van der Waals surface area contributed by atoms with Gasteiger partial charge in [-0.1, -0.05) is 26.0 Å². The quantitative estimate of drug-likeness (QED) is 0.774. The van der Waals surface area contributed by atoms with Gasteiger partial charge >= 0.3 is 0 Å². The van der Waals surface area contributed by atoms with Crippen LogP contribution >= 0.6 is 0 Å². The fraction of sp³-hybridized carbons (Fsp3) is 0.400. The minimum atomic E-state index is -0.428. The largest absolute Gasteiger partial charge is 0.504 e. The summed E-state index contributed by atoms with van der Waals surface area (Å²) < 4.78 is 23.7. The number of phenolic OH excluding ortho intramolecular Hbond substituents is 2. The van der Waals surface area contributed by atoms with E-state index in [4.69, 9.17) is 9.47 Å². The van der Waals surface area contributed by atoms with Crippen molar-refractivity contribution in [2.24, 2.45) is 11.8 Å². The first-order valence-electron chi connectivity index (χ1n) is 8.22. The van der Waals surface area contributed by atoms with Crippen molar-refractivity contribution in [1.82, 2.24) is 0 Å². The molecule has 0 heterocycles. The van der Waals surface area contributed by atoms with E-state index in [9.17, 15) is 14.6 Å². The van der Waals surface area contributed by atoms with E-state index in [1.54, 1.807) is 24.3 Å². The van der Waals surface area contributed by atoms with E-state index in [0.29, 0.717) is 11.5 Å². The fourth-order valence-electron chi connectivity index (χ4n) is 3.04. The molecule has 0 radical (unpaired) electrons. The monoisotopic (exact) mass is 348 g/mol. The van der Waals surface area contributed by atoms with Crippen molar-refractivity contribution in [3.63, 3.8) is 0 Å². The number of alkyl halides is 1. The predicted molar refractivity (Wildman–Crippen MR) is 95.5 cm³/mol. The van der Waals surface area contributed by atoms with E-state index in [1.165, 1.54) is 14.2 Å². The van der Waals surface area contributed by atoms with Crippen LogP contribution in [0.2, 0.25) is 0 Å². The zero-order chi connectivity index (χ0) is 18.6. The lowest BCUT2D eigenvalue weighted by Gasteiger charge is -2.29. The molecule has 0 aliphatic carbocycles. The second-order valence-corrected chi connectivity index (χ2v) is 6.33. The van der Waals surface area contributed by atoms with Crippen LogP contribution in [-0.4, -0.2) is 31.1 Å². The molecule has 0 saturated heterocycles. The summed E-state index contributed by atoms with van der Waals surface area (Å²) in [4.78, 5) is 0. The van der Waals surface area contributed by atoms with Crippen LogP contribution < -0.4 is 9.47 Å². The number of rotatable bonds is 7. The van der Waals surface area contributed by atoms with Gasteiger partial charge in [-0.15, -0.1) is 0 Å². The van der Waals surface area contributed by atoms with E-state index in [1.807, 2.05) is 26.0 Å². The van der Waals surface area contributed by atoms with E-state index < -0.39 is 6.67 Å². The van der Waals surface area contributed by atoms with E-state index in [-0.39, 0.29) is 29.3 Å². The third-order valence-corrected chi connectivity index (χ3v) is 4.79. The Hall–Kier alpha value is -2.43. The van der Waals surface area contributed by atoms with Gasteiger partial charge in [-0.25, -0.2) is 0 Å². The summed E-state index contributed by atoms with van der Waals surface area (Å²) >= 11 is 0. The van der Waals surface area contributed by atoms with Gasteiger partial charge in [0.1, 0.15) is 0 Å². The molecule has 0 spiro atoms. The van der Waals surface area contributed by atoms with Gasteiger partial charge in [-0.3, -0.25) is 4.39 Å². The lowest BCUT2D eigenvalue weighted by atomic mass is 9.76. The van der Waals surface area contributed by atoms with Crippen molar-refractivity contribution in [1.29, 1.82) is 0 Å². The maximum atomic E-state index is 13.3. The van der Waals surface area contributed by atoms with Gasteiger partial charge in [0, 0.05) is 5.92 Å². The summed E-state index contributed by atoms with van der Waals surface area (Å²) in [7, 11) is 2.98. The highest BCUT2D eigenvalue weighted by Crippen LogP contribution is 2.41. The van der Waals surface area contributed by atoms with Gasteiger partial charge < -0.3 is 19.7 Å². The summed E-state index contributed by atoms with van der Waals surface area (Å²) in [5.41, 5.74) is 1.80. The molecule has 2 rings (SSSR count). The van der Waals surface area contributed by atoms with Crippen LogP contribution in [-0.2, 0) is 0 Å². The Balaban J connectivity index is 2.57. The molecule has 0 bridgehead atoms. The van der Waals surface area contributed by atoms with Crippen LogP contribution in [0.4, 0.5) is 4.39 Å². The number of halogens is 1. The van der Waals surface area contributed by atoms with Crippen LogP contribution in [0.3, 0.4) is 0 Å². The Morgan fingerprint density at radius 3 is 1.68 bits per heavy atom. The lowest BCUT2D eigenvalue weighted by molar-refractivity contribution is 0.275. The Labute approximate surface area is 147 Å². The maximum Gasteiger partial charge on any atom is 0.160 e. The Morgan fingerprint density at radius 1 is 0.880 bits per heavy atom. The summed E-state index contributed by atoms with van der Waals surface area (Å²) in [6.45, 7) is 3.43. The van der Waals surface area contributed by atoms with Crippen molar-refractivity contribution >= 4 is 0 Å². The van der Waals surface area contributed by atoms with Gasteiger partial charge in [0.15, 0.2) is 23.0 Å². The van der Waals surface area contributed by atoms with Crippen molar-refractivity contribution in [2.75, 3.05) is 20.9 Å². The summed E-state index contributed by atoms with van der Waals surface area (Å²) in [5.74, 6) is 0.522. The van der Waals surface area contributed by atoms with Crippen molar-refractivity contribution in [3.05, 3.63) is 47.5 Å². The number of aromatic hydroxyl groups is 2. The molecule has 0 aromatic heterocycles. The first kappa shape index (κ1) is 18.9. The molecule has 2 N–H and O–H groups in total. The standard InChI is InChI=1S/C20H25FO4/c1-12(11-21)13(2)20(14-5-7-16(22)18(9-14)24-3)15-6-8-17(23)19(10-15)25-4/h5-10,12-13,20,22-23H,11H2,1-4H3/t12-,13+/m1/s1. The molecular weight excluding hydrogens is 323 g/mol. The van der Waals surface area contributed by atoms with Crippen molar-refractivity contribution < 1.29 is 24.1 Å². The third-order valence-electron chi connectivity index (χ3n) is 4.79. The first-order valence-corrected chi connectivity index (χ1v) is 8.22. The van der Waals surface area contributed by atoms with Crippen molar-refractivity contribution in [2.45, 2.75) is 19.8 Å². The van der Waals surface area contributed by atoms with Gasteiger partial charge in [0.05, 0.1) is 20.9 Å². The summed E-state index contributed by atoms with van der Waals surface area (Å²) in [5, 5.41) is 19.7. The highest BCUT2D eigenvalue weighted by Gasteiger charge is 2.27. The molecule has 2 atom stereocenters. The number of ether oxygens (including phenoxy) is 2. The number of benzene rings is 2.